The van der Waals surface area contributed by atoms with Crippen molar-refractivity contribution in [1.82, 2.24) is 4.98 Å². The van der Waals surface area contributed by atoms with E-state index >= 15 is 0 Å². The van der Waals surface area contributed by atoms with E-state index in [1.165, 1.54) is 11.3 Å². The van der Waals surface area contributed by atoms with Crippen LogP contribution < -0.4 is 0 Å². The summed E-state index contributed by atoms with van der Waals surface area (Å²) in [5.41, 5.74) is 0.929. The second-order valence-electron chi connectivity index (χ2n) is 4.29. The molecule has 0 N–H and O–H groups in total. The Kier molecular flexibility index (Phi) is 4.75. The summed E-state index contributed by atoms with van der Waals surface area (Å²) in [5, 5.41) is 0. The van der Waals surface area contributed by atoms with Crippen molar-refractivity contribution < 1.29 is 13.9 Å². The van der Waals surface area contributed by atoms with E-state index in [1.54, 1.807) is 12.3 Å². The van der Waals surface area contributed by atoms with Crippen molar-refractivity contribution in [1.29, 1.82) is 0 Å². The molecule has 1 aromatic carbocycles. The molecule has 0 spiro atoms. The fourth-order valence-corrected chi connectivity index (χ4v) is 3.69. The number of thiophene rings is 1. The molecular formula is C15H9Br2NO3S. The van der Waals surface area contributed by atoms with Crippen LogP contribution in [-0.4, -0.2) is 11.0 Å². The summed E-state index contributed by atoms with van der Waals surface area (Å²) < 4.78 is 12.5. The highest BCUT2D eigenvalue weighted by atomic mass is 79.9. The van der Waals surface area contributed by atoms with Crippen molar-refractivity contribution in [3.63, 3.8) is 0 Å². The van der Waals surface area contributed by atoms with Crippen LogP contribution in [-0.2, 0) is 11.3 Å². The Morgan fingerprint density at radius 2 is 2.05 bits per heavy atom. The Balaban J connectivity index is 1.65. The molecule has 0 saturated carbocycles. The van der Waals surface area contributed by atoms with Crippen LogP contribution in [0.4, 0.5) is 0 Å². The molecule has 22 heavy (non-hydrogen) atoms. The molecule has 3 aromatic rings. The lowest BCUT2D eigenvalue weighted by atomic mass is 10.2. The Morgan fingerprint density at radius 3 is 2.73 bits per heavy atom. The maximum absolute atomic E-state index is 11.9. The number of ether oxygens (including phenoxy) is 1. The molecule has 0 fully saturated rings. The fourth-order valence-electron chi connectivity index (χ4n) is 1.76. The minimum atomic E-state index is -0.407. The largest absolute Gasteiger partial charge is 0.451 e. The molecule has 0 unspecified atom stereocenters. The number of benzene rings is 1. The smallest absolute Gasteiger partial charge is 0.348 e. The van der Waals surface area contributed by atoms with Crippen molar-refractivity contribution in [3.05, 3.63) is 61.6 Å². The molecule has 0 radical (unpaired) electrons. The molecule has 4 nitrogen and oxygen atoms in total. The molecule has 0 amide bonds. The van der Waals surface area contributed by atoms with Gasteiger partial charge in [0.15, 0.2) is 12.4 Å². The van der Waals surface area contributed by atoms with Gasteiger partial charge in [0, 0.05) is 10.0 Å². The van der Waals surface area contributed by atoms with Crippen molar-refractivity contribution in [3.8, 4) is 11.3 Å². The normalized spacial score (nSPS) is 10.6. The number of aromatic nitrogens is 1. The summed E-state index contributed by atoms with van der Waals surface area (Å²) in [7, 11) is 0. The second-order valence-corrected chi connectivity index (χ2v) is 7.52. The maximum atomic E-state index is 11.9. The van der Waals surface area contributed by atoms with Gasteiger partial charge in [-0.3, -0.25) is 0 Å². The second kappa shape index (κ2) is 6.76. The highest BCUT2D eigenvalue weighted by Crippen LogP contribution is 2.32. The fraction of sp³-hybridized carbons (Fsp3) is 0.0667. The van der Waals surface area contributed by atoms with E-state index in [-0.39, 0.29) is 6.61 Å². The van der Waals surface area contributed by atoms with E-state index in [9.17, 15) is 4.79 Å². The van der Waals surface area contributed by atoms with E-state index in [0.717, 1.165) is 13.8 Å². The van der Waals surface area contributed by atoms with Crippen LogP contribution in [0.2, 0.25) is 0 Å². The van der Waals surface area contributed by atoms with E-state index in [1.807, 2.05) is 30.3 Å². The first-order valence-corrected chi connectivity index (χ1v) is 8.66. The van der Waals surface area contributed by atoms with Crippen LogP contribution in [0.5, 0.6) is 0 Å². The van der Waals surface area contributed by atoms with Crippen LogP contribution in [0, 0.1) is 0 Å². The molecular weight excluding hydrogens is 434 g/mol. The van der Waals surface area contributed by atoms with Gasteiger partial charge in [-0.1, -0.05) is 30.3 Å². The summed E-state index contributed by atoms with van der Waals surface area (Å²) in [6, 6.07) is 11.3. The SMILES string of the molecule is O=C(OCc1ncc(-c2ccccc2)o1)c1cc(Br)c(Br)s1. The first kappa shape index (κ1) is 15.5. The summed E-state index contributed by atoms with van der Waals surface area (Å²) >= 11 is 7.98. The predicted molar refractivity (Wildman–Crippen MR) is 90.8 cm³/mol. The third kappa shape index (κ3) is 3.48. The van der Waals surface area contributed by atoms with Gasteiger partial charge in [-0.2, -0.15) is 0 Å². The van der Waals surface area contributed by atoms with Gasteiger partial charge in [-0.15, -0.1) is 11.3 Å². The molecule has 2 aromatic heterocycles. The Bertz CT molecular complexity index is 779. The van der Waals surface area contributed by atoms with Crippen LogP contribution in [0.3, 0.4) is 0 Å². The molecule has 0 aliphatic carbocycles. The van der Waals surface area contributed by atoms with Gasteiger partial charge in [-0.05, 0) is 37.9 Å². The monoisotopic (exact) mass is 441 g/mol. The minimum Gasteiger partial charge on any atom is -0.451 e. The Morgan fingerprint density at radius 1 is 1.27 bits per heavy atom. The summed E-state index contributed by atoms with van der Waals surface area (Å²) in [5.74, 6) is 0.603. The summed E-state index contributed by atoms with van der Waals surface area (Å²) in [4.78, 5) is 16.6. The van der Waals surface area contributed by atoms with Gasteiger partial charge in [0.25, 0.3) is 0 Å². The van der Waals surface area contributed by atoms with E-state index in [0.29, 0.717) is 16.5 Å². The highest BCUT2D eigenvalue weighted by Gasteiger charge is 2.15. The predicted octanol–water partition coefficient (Wildman–Crippen LogP) is 5.29. The molecule has 3 rings (SSSR count). The van der Waals surface area contributed by atoms with Crippen molar-refractivity contribution in [2.75, 3.05) is 0 Å². The van der Waals surface area contributed by atoms with Gasteiger partial charge >= 0.3 is 5.97 Å². The first-order chi connectivity index (χ1) is 10.6. The van der Waals surface area contributed by atoms with E-state index in [4.69, 9.17) is 9.15 Å². The molecule has 112 valence electrons. The van der Waals surface area contributed by atoms with Gasteiger partial charge in [0.1, 0.15) is 4.88 Å². The zero-order valence-electron chi connectivity index (χ0n) is 11.1. The third-order valence-corrected chi connectivity index (χ3v) is 6.02. The number of halogens is 2. The lowest BCUT2D eigenvalue weighted by molar-refractivity contribution is 0.0444. The number of rotatable bonds is 4. The van der Waals surface area contributed by atoms with Crippen LogP contribution in [0.15, 0.2) is 55.3 Å². The van der Waals surface area contributed by atoms with Gasteiger partial charge in [0.05, 0.1) is 9.98 Å². The van der Waals surface area contributed by atoms with E-state index in [2.05, 4.69) is 36.8 Å². The third-order valence-electron chi connectivity index (χ3n) is 2.78. The van der Waals surface area contributed by atoms with Crippen LogP contribution in [0.1, 0.15) is 15.6 Å². The van der Waals surface area contributed by atoms with Crippen LogP contribution in [0.25, 0.3) is 11.3 Å². The highest BCUT2D eigenvalue weighted by molar-refractivity contribution is 9.13. The number of carbonyl (C=O) groups is 1. The quantitative estimate of drug-likeness (QED) is 0.515. The zero-order valence-corrected chi connectivity index (χ0v) is 15.1. The van der Waals surface area contributed by atoms with Crippen LogP contribution >= 0.6 is 43.2 Å². The van der Waals surface area contributed by atoms with E-state index < -0.39 is 5.97 Å². The molecule has 0 bridgehead atoms. The standard InChI is InChI=1S/C15H9Br2NO3S/c16-10-6-12(22-14(10)17)15(19)20-8-13-18-7-11(21-13)9-4-2-1-3-5-9/h1-7H,8H2. The first-order valence-electron chi connectivity index (χ1n) is 6.25. The van der Waals surface area contributed by atoms with Gasteiger partial charge < -0.3 is 9.15 Å². The molecule has 0 aliphatic heterocycles. The van der Waals surface area contributed by atoms with Crippen molar-refractivity contribution in [2.45, 2.75) is 6.61 Å². The minimum absolute atomic E-state index is 0.00119. The topological polar surface area (TPSA) is 52.3 Å². The number of hydrogen-bond donors (Lipinski definition) is 0. The van der Waals surface area contributed by atoms with Crippen molar-refractivity contribution >= 4 is 49.2 Å². The Labute approximate surface area is 147 Å². The molecule has 0 saturated heterocycles. The number of hydrogen-bond acceptors (Lipinski definition) is 5. The number of esters is 1. The van der Waals surface area contributed by atoms with Crippen molar-refractivity contribution in [2.24, 2.45) is 0 Å². The number of nitrogens with zero attached hydrogens (tertiary/aromatic N) is 1. The maximum Gasteiger partial charge on any atom is 0.348 e. The summed E-state index contributed by atoms with van der Waals surface area (Å²) in [6.45, 7) is -0.00119. The van der Waals surface area contributed by atoms with Gasteiger partial charge in [-0.25, -0.2) is 9.78 Å². The average molecular weight is 443 g/mol. The molecule has 7 heteroatoms. The van der Waals surface area contributed by atoms with Gasteiger partial charge in [0.2, 0.25) is 5.89 Å². The summed E-state index contributed by atoms with van der Waals surface area (Å²) in [6.07, 6.45) is 1.62. The Hall–Kier alpha value is -1.44. The number of oxazole rings is 1. The lowest BCUT2D eigenvalue weighted by Crippen LogP contribution is -2.03. The molecule has 2 heterocycles. The number of carbonyl (C=O) groups excluding carboxylic acids is 1. The lowest BCUT2D eigenvalue weighted by Gasteiger charge is -1.99. The molecule has 0 atom stereocenters. The zero-order chi connectivity index (χ0) is 15.5. The molecule has 0 aliphatic rings. The average Bonchev–Trinajstić information content (AvgIpc) is 3.13.